The number of rotatable bonds is 7. The zero-order valence-corrected chi connectivity index (χ0v) is 17.1. The van der Waals surface area contributed by atoms with E-state index >= 15 is 0 Å². The molecule has 0 unspecified atom stereocenters. The Balaban J connectivity index is 1.57. The van der Waals surface area contributed by atoms with Gasteiger partial charge in [-0.2, -0.15) is 0 Å². The predicted molar refractivity (Wildman–Crippen MR) is 117 cm³/mol. The van der Waals surface area contributed by atoms with Crippen LogP contribution in [0.1, 0.15) is 55.7 Å². The Hall–Kier alpha value is -2.48. The Morgan fingerprint density at radius 3 is 2.17 bits per heavy atom. The Morgan fingerprint density at radius 1 is 0.690 bits per heavy atom. The molecular weight excluding hydrogens is 362 g/mol. The summed E-state index contributed by atoms with van der Waals surface area (Å²) in [5, 5.41) is 0. The highest BCUT2D eigenvalue weighted by Gasteiger charge is 2.19. The quantitative estimate of drug-likeness (QED) is 0.360. The van der Waals surface area contributed by atoms with Gasteiger partial charge in [0.2, 0.25) is 0 Å². The van der Waals surface area contributed by atoms with Crippen molar-refractivity contribution in [2.75, 3.05) is 0 Å². The average Bonchev–Trinajstić information content (AvgIpc) is 2.73. The molecule has 0 bridgehead atoms. The Morgan fingerprint density at radius 2 is 1.41 bits per heavy atom. The lowest BCUT2D eigenvalue weighted by molar-refractivity contribution is 0.625. The molecule has 150 valence electrons. The van der Waals surface area contributed by atoms with Crippen molar-refractivity contribution in [1.29, 1.82) is 0 Å². The van der Waals surface area contributed by atoms with Crippen molar-refractivity contribution in [3.05, 3.63) is 82.9 Å². The maximum Gasteiger partial charge on any atom is 0.131 e. The molecule has 4 rings (SSSR count). The molecule has 0 aromatic heterocycles. The van der Waals surface area contributed by atoms with E-state index < -0.39 is 0 Å². The van der Waals surface area contributed by atoms with E-state index in [1.54, 1.807) is 18.2 Å². The van der Waals surface area contributed by atoms with Crippen LogP contribution in [0.3, 0.4) is 0 Å². The normalized spacial score (nSPS) is 12.5. The lowest BCUT2D eigenvalue weighted by Gasteiger charge is -2.22. The van der Waals surface area contributed by atoms with Gasteiger partial charge in [-0.25, -0.2) is 8.78 Å². The van der Waals surface area contributed by atoms with Gasteiger partial charge < -0.3 is 0 Å². The fraction of sp³-hybridized carbons (Fsp3) is 0.333. The van der Waals surface area contributed by atoms with Crippen molar-refractivity contribution in [3.8, 4) is 22.3 Å². The first-order valence-corrected chi connectivity index (χ1v) is 10.9. The molecule has 0 aliphatic heterocycles. The third-order valence-electron chi connectivity index (χ3n) is 6.04. The van der Waals surface area contributed by atoms with Crippen LogP contribution in [0.25, 0.3) is 22.3 Å². The van der Waals surface area contributed by atoms with Crippen molar-refractivity contribution in [2.24, 2.45) is 0 Å². The molecule has 0 nitrogen and oxygen atoms in total. The summed E-state index contributed by atoms with van der Waals surface area (Å²) in [5.74, 6) is -0.551. The number of fused-ring (bicyclic) bond motifs is 3. The topological polar surface area (TPSA) is 0 Å². The number of halogens is 2. The summed E-state index contributed by atoms with van der Waals surface area (Å²) in [6.07, 6.45) is 9.49. The van der Waals surface area contributed by atoms with Crippen molar-refractivity contribution in [3.63, 3.8) is 0 Å². The minimum atomic E-state index is -0.304. The maximum atomic E-state index is 14.9. The first-order valence-electron chi connectivity index (χ1n) is 10.9. The molecule has 0 saturated carbocycles. The molecule has 1 aliphatic rings. The molecule has 3 aromatic rings. The van der Waals surface area contributed by atoms with Gasteiger partial charge >= 0.3 is 0 Å². The van der Waals surface area contributed by atoms with Crippen molar-refractivity contribution >= 4 is 0 Å². The molecule has 0 radical (unpaired) electrons. The summed E-state index contributed by atoms with van der Waals surface area (Å²) in [6, 6.07) is 16.4. The van der Waals surface area contributed by atoms with Crippen molar-refractivity contribution < 1.29 is 8.78 Å². The molecule has 0 saturated heterocycles. The van der Waals surface area contributed by atoms with Gasteiger partial charge in [0, 0.05) is 5.56 Å². The van der Waals surface area contributed by atoms with Crippen LogP contribution < -0.4 is 0 Å². The van der Waals surface area contributed by atoms with E-state index in [9.17, 15) is 8.78 Å². The largest absolute Gasteiger partial charge is 0.207 e. The SMILES string of the molecule is CCCCCCCc1ccc2c(c1)CCc1cc(-c3ccc(F)cc3)c(F)cc1-2. The van der Waals surface area contributed by atoms with Crippen molar-refractivity contribution in [2.45, 2.75) is 58.3 Å². The summed E-state index contributed by atoms with van der Waals surface area (Å²) in [7, 11) is 0. The van der Waals surface area contributed by atoms with Gasteiger partial charge in [0.25, 0.3) is 0 Å². The minimum Gasteiger partial charge on any atom is -0.207 e. The Kier molecular flexibility index (Phi) is 6.08. The Labute approximate surface area is 172 Å². The van der Waals surface area contributed by atoms with Gasteiger partial charge in [-0.1, -0.05) is 62.9 Å². The van der Waals surface area contributed by atoms with Crippen LogP contribution in [-0.2, 0) is 19.3 Å². The second kappa shape index (κ2) is 8.90. The van der Waals surface area contributed by atoms with E-state index in [4.69, 9.17) is 0 Å². The standard InChI is InChI=1S/C27H28F2/c1-2-3-4-5-6-7-19-8-15-24-21(16-19)9-10-22-17-26(27(29)18-25(22)24)20-11-13-23(28)14-12-20/h8,11-18H,2-7,9-10H2,1H3. The second-order valence-corrected chi connectivity index (χ2v) is 8.15. The van der Waals surface area contributed by atoms with Gasteiger partial charge in [0.05, 0.1) is 0 Å². The molecule has 0 N–H and O–H groups in total. The lowest BCUT2D eigenvalue weighted by Crippen LogP contribution is -2.06. The van der Waals surface area contributed by atoms with Gasteiger partial charge in [0.1, 0.15) is 11.6 Å². The number of benzene rings is 3. The number of hydrogen-bond acceptors (Lipinski definition) is 0. The maximum absolute atomic E-state index is 14.9. The molecule has 0 amide bonds. The highest BCUT2D eigenvalue weighted by Crippen LogP contribution is 2.38. The molecule has 0 spiro atoms. The summed E-state index contributed by atoms with van der Waals surface area (Å²) in [5.41, 5.74) is 7.33. The zero-order chi connectivity index (χ0) is 20.2. The predicted octanol–water partition coefficient (Wildman–Crippen LogP) is 7.91. The minimum absolute atomic E-state index is 0.247. The molecule has 2 heteroatoms. The van der Waals surface area contributed by atoms with Gasteiger partial charge in [0.15, 0.2) is 0 Å². The summed E-state index contributed by atoms with van der Waals surface area (Å²) < 4.78 is 28.1. The zero-order valence-electron chi connectivity index (χ0n) is 17.1. The van der Waals surface area contributed by atoms with Crippen molar-refractivity contribution in [1.82, 2.24) is 0 Å². The highest BCUT2D eigenvalue weighted by atomic mass is 19.1. The van der Waals surface area contributed by atoms with Crippen LogP contribution in [0.15, 0.2) is 54.6 Å². The molecule has 29 heavy (non-hydrogen) atoms. The molecule has 1 aliphatic carbocycles. The van der Waals surface area contributed by atoms with Gasteiger partial charge in [-0.05, 0) is 83.3 Å². The third-order valence-corrected chi connectivity index (χ3v) is 6.04. The fourth-order valence-corrected chi connectivity index (χ4v) is 4.40. The molecule has 0 heterocycles. The number of aryl methyl sites for hydroxylation is 3. The van der Waals surface area contributed by atoms with E-state index in [-0.39, 0.29) is 11.6 Å². The van der Waals surface area contributed by atoms with Crippen LogP contribution >= 0.6 is 0 Å². The first-order chi connectivity index (χ1) is 14.2. The molecule has 3 aromatic carbocycles. The summed E-state index contributed by atoms with van der Waals surface area (Å²) in [4.78, 5) is 0. The van der Waals surface area contributed by atoms with E-state index in [2.05, 4.69) is 25.1 Å². The van der Waals surface area contributed by atoms with Gasteiger partial charge in [-0.3, -0.25) is 0 Å². The van der Waals surface area contributed by atoms with E-state index in [0.717, 1.165) is 36.0 Å². The monoisotopic (exact) mass is 390 g/mol. The molecule has 0 atom stereocenters. The highest BCUT2D eigenvalue weighted by molar-refractivity contribution is 5.78. The lowest BCUT2D eigenvalue weighted by atomic mass is 9.83. The van der Waals surface area contributed by atoms with Crippen LogP contribution in [-0.4, -0.2) is 0 Å². The fourth-order valence-electron chi connectivity index (χ4n) is 4.40. The van der Waals surface area contributed by atoms with E-state index in [1.165, 1.54) is 60.9 Å². The van der Waals surface area contributed by atoms with Crippen LogP contribution in [0.4, 0.5) is 8.78 Å². The number of hydrogen-bond donors (Lipinski definition) is 0. The average molecular weight is 391 g/mol. The van der Waals surface area contributed by atoms with Crippen LogP contribution in [0.2, 0.25) is 0 Å². The number of unbranched alkanes of at least 4 members (excludes halogenated alkanes) is 4. The first kappa shape index (κ1) is 19.8. The second-order valence-electron chi connectivity index (χ2n) is 8.15. The molecule has 0 fully saturated rings. The summed E-state index contributed by atoms with van der Waals surface area (Å²) >= 11 is 0. The van der Waals surface area contributed by atoms with Crippen LogP contribution in [0.5, 0.6) is 0 Å². The Bertz CT molecular complexity index is 986. The van der Waals surface area contributed by atoms with E-state index in [1.807, 2.05) is 6.07 Å². The molecular formula is C27H28F2. The smallest absolute Gasteiger partial charge is 0.131 e. The van der Waals surface area contributed by atoms with E-state index in [0.29, 0.717) is 5.56 Å². The van der Waals surface area contributed by atoms with Crippen LogP contribution in [0, 0.1) is 11.6 Å². The summed E-state index contributed by atoms with van der Waals surface area (Å²) in [6.45, 7) is 2.24. The van der Waals surface area contributed by atoms with Gasteiger partial charge in [-0.15, -0.1) is 0 Å². The third kappa shape index (κ3) is 4.42.